The molecular formula is C21H32O3. The summed E-state index contributed by atoms with van der Waals surface area (Å²) in [6, 6.07) is 13.9. The molecule has 2 rings (SSSR count). The molecule has 0 aliphatic carbocycles. The van der Waals surface area contributed by atoms with Crippen LogP contribution >= 0.6 is 0 Å². The summed E-state index contributed by atoms with van der Waals surface area (Å²) in [7, 11) is 0. The van der Waals surface area contributed by atoms with E-state index < -0.39 is 5.97 Å². The highest BCUT2D eigenvalue weighted by atomic mass is 16.4. The van der Waals surface area contributed by atoms with Crippen LogP contribution in [0.15, 0.2) is 48.5 Å². The topological polar surface area (TPSA) is 57.5 Å². The van der Waals surface area contributed by atoms with Gasteiger partial charge in [-0.05, 0) is 44.0 Å². The molecule has 0 heterocycles. The second kappa shape index (κ2) is 14.3. The van der Waals surface area contributed by atoms with Crippen LogP contribution in [-0.2, 0) is 0 Å². The zero-order chi connectivity index (χ0) is 19.1. The monoisotopic (exact) mass is 332 g/mol. The number of benzene rings is 2. The Balaban J connectivity index is 0. The zero-order valence-corrected chi connectivity index (χ0v) is 16.0. The molecule has 24 heavy (non-hydrogen) atoms. The smallest absolute Gasteiger partial charge is 0.335 e. The Hall–Kier alpha value is -2.29. The molecule has 0 amide bonds. The van der Waals surface area contributed by atoms with E-state index in [1.807, 2.05) is 45.9 Å². The standard InChI is InChI=1S/C8H8O2.C7H8O.C4H10.C2H6/c1-6-3-2-4-7(5-6)8(9)10;1-6-2-4-7(8)5-3-6;1-4(2)3;1-2/h2-5H,1H3,(H,9,10);2-5,8H,1H3;4H,1-3H3;1-2H3. The first-order valence-electron chi connectivity index (χ1n) is 8.28. The van der Waals surface area contributed by atoms with E-state index in [2.05, 4.69) is 20.8 Å². The summed E-state index contributed by atoms with van der Waals surface area (Å²) < 4.78 is 0. The Morgan fingerprint density at radius 3 is 1.62 bits per heavy atom. The fourth-order valence-corrected chi connectivity index (χ4v) is 1.32. The molecule has 0 unspecified atom stereocenters. The average molecular weight is 332 g/mol. The van der Waals surface area contributed by atoms with Crippen LogP contribution in [0.25, 0.3) is 0 Å². The summed E-state index contributed by atoms with van der Waals surface area (Å²) in [6.07, 6.45) is 0. The maximum Gasteiger partial charge on any atom is 0.335 e. The van der Waals surface area contributed by atoms with E-state index in [4.69, 9.17) is 10.2 Å². The molecule has 134 valence electrons. The highest BCUT2D eigenvalue weighted by Crippen LogP contribution is 2.07. The summed E-state index contributed by atoms with van der Waals surface area (Å²) in [5.74, 6) is 0.291. The third-order valence-electron chi connectivity index (χ3n) is 2.30. The first-order valence-corrected chi connectivity index (χ1v) is 8.28. The first kappa shape index (κ1) is 24.0. The molecule has 2 aromatic rings. The molecule has 2 N–H and O–H groups in total. The van der Waals surface area contributed by atoms with Crippen molar-refractivity contribution >= 4 is 5.97 Å². The van der Waals surface area contributed by atoms with E-state index in [0.29, 0.717) is 11.3 Å². The maximum absolute atomic E-state index is 10.4. The van der Waals surface area contributed by atoms with Crippen LogP contribution in [0.1, 0.15) is 56.1 Å². The lowest BCUT2D eigenvalue weighted by Gasteiger charge is -1.93. The Morgan fingerprint density at radius 1 is 0.875 bits per heavy atom. The summed E-state index contributed by atoms with van der Waals surface area (Å²) >= 11 is 0. The molecule has 0 aliphatic heterocycles. The summed E-state index contributed by atoms with van der Waals surface area (Å²) in [4.78, 5) is 10.4. The Morgan fingerprint density at radius 2 is 1.33 bits per heavy atom. The van der Waals surface area contributed by atoms with Crippen molar-refractivity contribution in [1.82, 2.24) is 0 Å². The van der Waals surface area contributed by atoms with Crippen molar-refractivity contribution in [3.63, 3.8) is 0 Å². The first-order chi connectivity index (χ1) is 11.2. The van der Waals surface area contributed by atoms with Gasteiger partial charge < -0.3 is 10.2 Å². The Bertz CT molecular complexity index is 534. The van der Waals surface area contributed by atoms with Gasteiger partial charge in [-0.2, -0.15) is 0 Å². The molecule has 0 spiro atoms. The SMILES string of the molecule is CC.CC(C)C.Cc1ccc(O)cc1.Cc1cccc(C(=O)O)c1. The predicted octanol–water partition coefficient (Wildman–Crippen LogP) is 6.08. The van der Waals surface area contributed by atoms with Crippen molar-refractivity contribution in [3.05, 3.63) is 65.2 Å². The Labute approximate surface area is 147 Å². The number of phenols is 1. The zero-order valence-electron chi connectivity index (χ0n) is 16.0. The highest BCUT2D eigenvalue weighted by molar-refractivity contribution is 5.87. The molecule has 0 fully saturated rings. The van der Waals surface area contributed by atoms with E-state index in [-0.39, 0.29) is 0 Å². The van der Waals surface area contributed by atoms with Crippen LogP contribution in [-0.4, -0.2) is 16.2 Å². The van der Waals surface area contributed by atoms with Crippen molar-refractivity contribution in [2.24, 2.45) is 5.92 Å². The molecule has 0 atom stereocenters. The van der Waals surface area contributed by atoms with Crippen LogP contribution in [0, 0.1) is 19.8 Å². The van der Waals surface area contributed by atoms with Gasteiger partial charge in [0.25, 0.3) is 0 Å². The summed E-state index contributed by atoms with van der Waals surface area (Å²) in [5.41, 5.74) is 2.49. The number of hydrogen-bond donors (Lipinski definition) is 2. The number of aryl methyl sites for hydroxylation is 2. The van der Waals surface area contributed by atoms with Crippen molar-refractivity contribution in [3.8, 4) is 5.75 Å². The summed E-state index contributed by atoms with van der Waals surface area (Å²) in [5, 5.41) is 17.3. The molecule has 3 nitrogen and oxygen atoms in total. The van der Waals surface area contributed by atoms with Gasteiger partial charge in [-0.1, -0.05) is 70.0 Å². The lowest BCUT2D eigenvalue weighted by atomic mass is 10.1. The van der Waals surface area contributed by atoms with Gasteiger partial charge in [-0.3, -0.25) is 0 Å². The fraction of sp³-hybridized carbons (Fsp3) is 0.381. The second-order valence-corrected chi connectivity index (χ2v) is 5.74. The lowest BCUT2D eigenvalue weighted by Crippen LogP contribution is -1.95. The van der Waals surface area contributed by atoms with Gasteiger partial charge in [0.1, 0.15) is 5.75 Å². The van der Waals surface area contributed by atoms with E-state index >= 15 is 0 Å². The van der Waals surface area contributed by atoms with Crippen molar-refractivity contribution in [2.75, 3.05) is 0 Å². The number of rotatable bonds is 1. The van der Waals surface area contributed by atoms with E-state index in [9.17, 15) is 4.79 Å². The number of carboxylic acids is 1. The third-order valence-corrected chi connectivity index (χ3v) is 2.30. The van der Waals surface area contributed by atoms with Gasteiger partial charge in [0.05, 0.1) is 5.56 Å². The minimum absolute atomic E-state index is 0.329. The van der Waals surface area contributed by atoms with Crippen LogP contribution in [0.3, 0.4) is 0 Å². The van der Waals surface area contributed by atoms with Crippen molar-refractivity contribution < 1.29 is 15.0 Å². The van der Waals surface area contributed by atoms with Crippen molar-refractivity contribution in [1.29, 1.82) is 0 Å². The van der Waals surface area contributed by atoms with Gasteiger partial charge in [0, 0.05) is 0 Å². The van der Waals surface area contributed by atoms with E-state index in [1.165, 1.54) is 5.56 Å². The maximum atomic E-state index is 10.4. The molecular weight excluding hydrogens is 300 g/mol. The molecule has 2 aromatic carbocycles. The minimum atomic E-state index is -0.872. The molecule has 3 heteroatoms. The normalized spacial score (nSPS) is 8.67. The van der Waals surface area contributed by atoms with E-state index in [1.54, 1.807) is 30.3 Å². The molecule has 0 aromatic heterocycles. The number of phenolic OH excluding ortho intramolecular Hbond substituents is 1. The molecule has 0 saturated heterocycles. The molecule has 0 radical (unpaired) electrons. The number of aromatic carboxylic acids is 1. The van der Waals surface area contributed by atoms with Gasteiger partial charge >= 0.3 is 5.97 Å². The van der Waals surface area contributed by atoms with Crippen LogP contribution in [0.2, 0.25) is 0 Å². The number of hydrogen-bond acceptors (Lipinski definition) is 2. The second-order valence-electron chi connectivity index (χ2n) is 5.74. The number of aromatic hydroxyl groups is 1. The number of carbonyl (C=O) groups is 1. The van der Waals surface area contributed by atoms with E-state index in [0.717, 1.165) is 11.5 Å². The van der Waals surface area contributed by atoms with Gasteiger partial charge in [-0.15, -0.1) is 0 Å². The largest absolute Gasteiger partial charge is 0.508 e. The lowest BCUT2D eigenvalue weighted by molar-refractivity contribution is 0.0696. The number of carboxylic acid groups (broad SMARTS) is 1. The molecule has 0 bridgehead atoms. The third kappa shape index (κ3) is 14.6. The van der Waals surface area contributed by atoms with Gasteiger partial charge in [-0.25, -0.2) is 4.79 Å². The van der Waals surface area contributed by atoms with Crippen LogP contribution in [0.4, 0.5) is 0 Å². The molecule has 0 saturated carbocycles. The van der Waals surface area contributed by atoms with Crippen LogP contribution in [0.5, 0.6) is 5.75 Å². The van der Waals surface area contributed by atoms with Gasteiger partial charge in [0.15, 0.2) is 0 Å². The molecule has 0 aliphatic rings. The fourth-order valence-electron chi connectivity index (χ4n) is 1.32. The highest BCUT2D eigenvalue weighted by Gasteiger charge is 1.99. The minimum Gasteiger partial charge on any atom is -0.508 e. The quantitative estimate of drug-likeness (QED) is 0.665. The van der Waals surface area contributed by atoms with Crippen LogP contribution < -0.4 is 0 Å². The van der Waals surface area contributed by atoms with Gasteiger partial charge in [0.2, 0.25) is 0 Å². The predicted molar refractivity (Wildman–Crippen MR) is 103 cm³/mol. The van der Waals surface area contributed by atoms with Crippen molar-refractivity contribution in [2.45, 2.75) is 48.5 Å². The Kier molecular flexibility index (Phi) is 14.3. The summed E-state index contributed by atoms with van der Waals surface area (Å²) in [6.45, 7) is 14.4. The average Bonchev–Trinajstić information content (AvgIpc) is 2.52.